The van der Waals surface area contributed by atoms with Crippen molar-refractivity contribution in [2.45, 2.75) is 13.5 Å². The number of benzene rings is 2. The van der Waals surface area contributed by atoms with E-state index in [-0.39, 0.29) is 5.91 Å². The fourth-order valence-corrected chi connectivity index (χ4v) is 3.17. The van der Waals surface area contributed by atoms with Gasteiger partial charge < -0.3 is 14.5 Å². The molecular weight excluding hydrogens is 326 g/mol. The fraction of sp³-hybridized carbons (Fsp3) is 0.150. The highest BCUT2D eigenvalue weighted by atomic mass is 16.1. The second-order valence-electron chi connectivity index (χ2n) is 6.15. The third-order valence-corrected chi connectivity index (χ3v) is 4.48. The molecule has 4 aromatic rings. The topological polar surface area (TPSA) is 64.7 Å². The number of para-hydroxylation sites is 1. The highest BCUT2D eigenvalue weighted by molar-refractivity contribution is 6.13. The Morgan fingerprint density at radius 2 is 2.00 bits per heavy atom. The standard InChI is InChI=1S/C20H19N5O/c1-3-25-13-21-23-19(25)14-7-6-8-15(11-14)22-20(26)17-12-24(2)18-10-5-4-9-16(17)18/h4-13H,3H2,1-2H3,(H,22,26). The van der Waals surface area contributed by atoms with Crippen LogP contribution in [0.5, 0.6) is 0 Å². The van der Waals surface area contributed by atoms with E-state index < -0.39 is 0 Å². The van der Waals surface area contributed by atoms with Crippen molar-refractivity contribution < 1.29 is 4.79 Å². The number of nitrogens with zero attached hydrogens (tertiary/aromatic N) is 4. The molecule has 0 fully saturated rings. The second-order valence-corrected chi connectivity index (χ2v) is 6.15. The first-order valence-corrected chi connectivity index (χ1v) is 8.51. The van der Waals surface area contributed by atoms with Crippen LogP contribution in [0.3, 0.4) is 0 Å². The predicted molar refractivity (Wildman–Crippen MR) is 102 cm³/mol. The normalized spacial score (nSPS) is 11.0. The lowest BCUT2D eigenvalue weighted by atomic mass is 10.1. The summed E-state index contributed by atoms with van der Waals surface area (Å²) in [5, 5.41) is 12.1. The summed E-state index contributed by atoms with van der Waals surface area (Å²) in [5.74, 6) is 0.657. The van der Waals surface area contributed by atoms with Gasteiger partial charge in [-0.15, -0.1) is 10.2 Å². The van der Waals surface area contributed by atoms with Crippen molar-refractivity contribution in [3.8, 4) is 11.4 Å². The van der Waals surface area contributed by atoms with Gasteiger partial charge in [0, 0.05) is 41.9 Å². The van der Waals surface area contributed by atoms with Crippen molar-refractivity contribution in [1.82, 2.24) is 19.3 Å². The van der Waals surface area contributed by atoms with Crippen LogP contribution in [0, 0.1) is 0 Å². The van der Waals surface area contributed by atoms with Gasteiger partial charge in [-0.2, -0.15) is 0 Å². The fourth-order valence-electron chi connectivity index (χ4n) is 3.17. The Kier molecular flexibility index (Phi) is 4.01. The lowest BCUT2D eigenvalue weighted by Crippen LogP contribution is -2.11. The molecule has 0 radical (unpaired) electrons. The summed E-state index contributed by atoms with van der Waals surface area (Å²) in [5.41, 5.74) is 3.33. The zero-order valence-corrected chi connectivity index (χ0v) is 14.7. The molecule has 2 heterocycles. The maximum absolute atomic E-state index is 12.8. The summed E-state index contributed by atoms with van der Waals surface area (Å²) in [7, 11) is 1.94. The van der Waals surface area contributed by atoms with E-state index in [1.807, 2.05) is 77.8 Å². The van der Waals surface area contributed by atoms with Crippen molar-refractivity contribution in [2.75, 3.05) is 5.32 Å². The van der Waals surface area contributed by atoms with E-state index >= 15 is 0 Å². The second kappa shape index (κ2) is 6.48. The predicted octanol–water partition coefficient (Wildman–Crippen LogP) is 3.71. The van der Waals surface area contributed by atoms with Crippen LogP contribution in [0.25, 0.3) is 22.3 Å². The number of aryl methyl sites for hydroxylation is 2. The Hall–Kier alpha value is -3.41. The first-order chi connectivity index (χ1) is 12.7. The molecule has 0 saturated heterocycles. The molecule has 26 heavy (non-hydrogen) atoms. The molecule has 0 saturated carbocycles. The van der Waals surface area contributed by atoms with Crippen LogP contribution in [0.1, 0.15) is 17.3 Å². The maximum Gasteiger partial charge on any atom is 0.257 e. The smallest absolute Gasteiger partial charge is 0.257 e. The molecule has 6 nitrogen and oxygen atoms in total. The molecule has 1 N–H and O–H groups in total. The number of anilines is 1. The van der Waals surface area contributed by atoms with Crippen molar-refractivity contribution in [3.63, 3.8) is 0 Å². The first-order valence-electron chi connectivity index (χ1n) is 8.51. The van der Waals surface area contributed by atoms with Gasteiger partial charge in [0.15, 0.2) is 5.82 Å². The van der Waals surface area contributed by atoms with Gasteiger partial charge in [-0.1, -0.05) is 30.3 Å². The number of amides is 1. The Labute approximate surface area is 151 Å². The summed E-state index contributed by atoms with van der Waals surface area (Å²) < 4.78 is 3.93. The maximum atomic E-state index is 12.8. The van der Waals surface area contributed by atoms with E-state index in [9.17, 15) is 4.79 Å². The van der Waals surface area contributed by atoms with Crippen LogP contribution in [-0.4, -0.2) is 25.2 Å². The number of fused-ring (bicyclic) bond motifs is 1. The number of carbonyl (C=O) groups is 1. The molecule has 6 heteroatoms. The SMILES string of the molecule is CCn1cnnc1-c1cccc(NC(=O)c2cn(C)c3ccccc23)c1. The van der Waals surface area contributed by atoms with E-state index in [0.29, 0.717) is 5.56 Å². The largest absolute Gasteiger partial charge is 0.350 e. The average Bonchev–Trinajstić information content (AvgIpc) is 3.27. The van der Waals surface area contributed by atoms with Crippen LogP contribution in [-0.2, 0) is 13.6 Å². The summed E-state index contributed by atoms with van der Waals surface area (Å²) in [4.78, 5) is 12.8. The molecule has 2 aromatic heterocycles. The molecule has 1 amide bonds. The van der Waals surface area contributed by atoms with E-state index in [2.05, 4.69) is 15.5 Å². The molecule has 0 aliphatic carbocycles. The molecule has 130 valence electrons. The average molecular weight is 345 g/mol. The Morgan fingerprint density at radius 3 is 2.85 bits per heavy atom. The van der Waals surface area contributed by atoms with Crippen molar-refractivity contribution in [3.05, 3.63) is 66.6 Å². The number of nitrogens with one attached hydrogen (secondary N) is 1. The van der Waals surface area contributed by atoms with Crippen LogP contribution in [0.15, 0.2) is 61.1 Å². The molecule has 0 bridgehead atoms. The molecule has 0 atom stereocenters. The lowest BCUT2D eigenvalue weighted by molar-refractivity contribution is 0.102. The Morgan fingerprint density at radius 1 is 1.15 bits per heavy atom. The number of hydrogen-bond donors (Lipinski definition) is 1. The summed E-state index contributed by atoms with van der Waals surface area (Å²) >= 11 is 0. The molecule has 2 aromatic carbocycles. The van der Waals surface area contributed by atoms with Crippen LogP contribution >= 0.6 is 0 Å². The number of rotatable bonds is 4. The first kappa shape index (κ1) is 16.1. The van der Waals surface area contributed by atoms with Gasteiger partial charge in [0.1, 0.15) is 6.33 Å². The van der Waals surface area contributed by atoms with E-state index in [1.165, 1.54) is 0 Å². The highest BCUT2D eigenvalue weighted by Crippen LogP contribution is 2.24. The van der Waals surface area contributed by atoms with Gasteiger partial charge in [0.05, 0.1) is 5.56 Å². The minimum absolute atomic E-state index is 0.129. The third kappa shape index (κ3) is 2.75. The summed E-state index contributed by atoms with van der Waals surface area (Å²) in [6, 6.07) is 15.5. The Bertz CT molecular complexity index is 1090. The van der Waals surface area contributed by atoms with Gasteiger partial charge in [0.2, 0.25) is 0 Å². The highest BCUT2D eigenvalue weighted by Gasteiger charge is 2.14. The monoisotopic (exact) mass is 345 g/mol. The molecule has 0 unspecified atom stereocenters. The van der Waals surface area contributed by atoms with Gasteiger partial charge in [-0.3, -0.25) is 4.79 Å². The van der Waals surface area contributed by atoms with E-state index in [4.69, 9.17) is 0 Å². The molecule has 4 rings (SSSR count). The van der Waals surface area contributed by atoms with Crippen molar-refractivity contribution >= 4 is 22.5 Å². The number of carbonyl (C=O) groups excluding carboxylic acids is 1. The van der Waals surface area contributed by atoms with Crippen LogP contribution < -0.4 is 5.32 Å². The summed E-state index contributed by atoms with van der Waals surface area (Å²) in [6.07, 6.45) is 3.56. The van der Waals surface area contributed by atoms with Crippen molar-refractivity contribution in [1.29, 1.82) is 0 Å². The van der Waals surface area contributed by atoms with Crippen LogP contribution in [0.2, 0.25) is 0 Å². The van der Waals surface area contributed by atoms with E-state index in [1.54, 1.807) is 6.33 Å². The van der Waals surface area contributed by atoms with Gasteiger partial charge in [-0.25, -0.2) is 0 Å². The molecule has 0 aliphatic rings. The molecule has 0 spiro atoms. The zero-order chi connectivity index (χ0) is 18.1. The number of hydrogen-bond acceptors (Lipinski definition) is 3. The minimum Gasteiger partial charge on any atom is -0.350 e. The van der Waals surface area contributed by atoms with Gasteiger partial charge in [-0.05, 0) is 25.1 Å². The van der Waals surface area contributed by atoms with Gasteiger partial charge >= 0.3 is 0 Å². The van der Waals surface area contributed by atoms with Gasteiger partial charge in [0.25, 0.3) is 5.91 Å². The zero-order valence-electron chi connectivity index (χ0n) is 14.7. The van der Waals surface area contributed by atoms with Crippen LogP contribution in [0.4, 0.5) is 5.69 Å². The minimum atomic E-state index is -0.129. The summed E-state index contributed by atoms with van der Waals surface area (Å²) in [6.45, 7) is 2.83. The van der Waals surface area contributed by atoms with E-state index in [0.717, 1.165) is 34.5 Å². The quantitative estimate of drug-likeness (QED) is 0.613. The van der Waals surface area contributed by atoms with Crippen molar-refractivity contribution in [2.24, 2.45) is 7.05 Å². The number of aromatic nitrogens is 4. The lowest BCUT2D eigenvalue weighted by Gasteiger charge is -2.08. The molecular formula is C20H19N5O. The third-order valence-electron chi connectivity index (χ3n) is 4.48. The Balaban J connectivity index is 1.65. The molecule has 0 aliphatic heterocycles.